The van der Waals surface area contributed by atoms with Gasteiger partial charge in [0, 0.05) is 12.1 Å². The topological polar surface area (TPSA) is 66.6 Å². The van der Waals surface area contributed by atoms with Crippen molar-refractivity contribution < 1.29 is 14.4 Å². The number of nitrogens with zero attached hydrogens (tertiary/aromatic N) is 2. The summed E-state index contributed by atoms with van der Waals surface area (Å²) in [6, 6.07) is 2.12. The number of rotatable bonds is 5. The van der Waals surface area contributed by atoms with Crippen molar-refractivity contribution in [2.45, 2.75) is 45.2 Å². The van der Waals surface area contributed by atoms with Crippen molar-refractivity contribution in [2.75, 3.05) is 6.54 Å². The Morgan fingerprint density at radius 3 is 2.82 bits per heavy atom. The van der Waals surface area contributed by atoms with Crippen molar-refractivity contribution in [1.29, 1.82) is 0 Å². The number of hydrogen-bond donors (Lipinski definition) is 1. The maximum Gasteiger partial charge on any atom is 0.358 e. The highest BCUT2D eigenvalue weighted by molar-refractivity contribution is 5.85. The molecule has 1 aliphatic carbocycles. The summed E-state index contributed by atoms with van der Waals surface area (Å²) in [5.74, 6) is -0.403. The highest BCUT2D eigenvalue weighted by Gasteiger charge is 2.23. The second-order valence-corrected chi connectivity index (χ2v) is 4.48. The Morgan fingerprint density at radius 1 is 1.59 bits per heavy atom. The minimum atomic E-state index is -1.04. The molecule has 0 aromatic carbocycles. The lowest BCUT2D eigenvalue weighted by Gasteiger charge is -2.25. The first-order valence-electron chi connectivity index (χ1n) is 6.13. The number of aromatic nitrogens is 1. The molecule has 0 amide bonds. The second-order valence-electron chi connectivity index (χ2n) is 4.48. The van der Waals surface area contributed by atoms with Gasteiger partial charge in [-0.3, -0.25) is 4.90 Å². The molecule has 1 N–H and O–H groups in total. The van der Waals surface area contributed by atoms with Crippen molar-refractivity contribution in [3.05, 3.63) is 17.5 Å². The van der Waals surface area contributed by atoms with Gasteiger partial charge in [-0.2, -0.15) is 0 Å². The summed E-state index contributed by atoms with van der Waals surface area (Å²) < 4.78 is 5.05. The molecule has 1 aliphatic rings. The molecule has 1 saturated carbocycles. The summed E-state index contributed by atoms with van der Waals surface area (Å²) in [6.45, 7) is 3.72. The standard InChI is InChI=1S/C12H18N2O3/c1-2-14(9-5-3-4-6-9)8-10-7-11(12(15)16)13-17-10/h7,9H,2-6,8H2,1H3,(H,15,16). The molecule has 1 fully saturated rings. The smallest absolute Gasteiger partial charge is 0.358 e. The zero-order valence-electron chi connectivity index (χ0n) is 10.1. The monoisotopic (exact) mass is 238 g/mol. The molecule has 5 heteroatoms. The van der Waals surface area contributed by atoms with Gasteiger partial charge in [0.1, 0.15) is 0 Å². The lowest BCUT2D eigenvalue weighted by atomic mass is 10.2. The fourth-order valence-electron chi connectivity index (χ4n) is 2.46. The molecule has 0 aliphatic heterocycles. The third kappa shape index (κ3) is 2.85. The average molecular weight is 238 g/mol. The van der Waals surface area contributed by atoms with Crippen molar-refractivity contribution in [1.82, 2.24) is 10.1 Å². The average Bonchev–Trinajstić information content (AvgIpc) is 2.96. The zero-order valence-corrected chi connectivity index (χ0v) is 10.1. The van der Waals surface area contributed by atoms with E-state index in [4.69, 9.17) is 9.63 Å². The van der Waals surface area contributed by atoms with Crippen LogP contribution in [0.3, 0.4) is 0 Å². The Morgan fingerprint density at radius 2 is 2.29 bits per heavy atom. The molecule has 17 heavy (non-hydrogen) atoms. The van der Waals surface area contributed by atoms with E-state index in [0.717, 1.165) is 6.54 Å². The van der Waals surface area contributed by atoms with Crippen LogP contribution in [-0.2, 0) is 6.54 Å². The first kappa shape index (κ1) is 12.1. The van der Waals surface area contributed by atoms with Crippen LogP contribution in [-0.4, -0.2) is 33.7 Å². The molecule has 0 unspecified atom stereocenters. The molecular weight excluding hydrogens is 220 g/mol. The number of carbonyl (C=O) groups is 1. The molecule has 1 heterocycles. The minimum Gasteiger partial charge on any atom is -0.476 e. The minimum absolute atomic E-state index is 0.0116. The fraction of sp³-hybridized carbons (Fsp3) is 0.667. The number of hydrogen-bond acceptors (Lipinski definition) is 4. The van der Waals surface area contributed by atoms with E-state index in [2.05, 4.69) is 17.0 Å². The largest absolute Gasteiger partial charge is 0.476 e. The Kier molecular flexibility index (Phi) is 3.78. The van der Waals surface area contributed by atoms with Crippen LogP contribution in [0.2, 0.25) is 0 Å². The summed E-state index contributed by atoms with van der Waals surface area (Å²) >= 11 is 0. The van der Waals surface area contributed by atoms with Crippen LogP contribution < -0.4 is 0 Å². The molecule has 0 saturated heterocycles. The first-order valence-corrected chi connectivity index (χ1v) is 6.13. The van der Waals surface area contributed by atoms with Crippen LogP contribution in [0.1, 0.15) is 48.9 Å². The lowest BCUT2D eigenvalue weighted by molar-refractivity contribution is 0.0685. The molecule has 0 atom stereocenters. The molecule has 1 aromatic rings. The van der Waals surface area contributed by atoms with Gasteiger partial charge in [-0.05, 0) is 19.4 Å². The third-order valence-electron chi connectivity index (χ3n) is 3.38. The van der Waals surface area contributed by atoms with E-state index >= 15 is 0 Å². The predicted molar refractivity (Wildman–Crippen MR) is 61.8 cm³/mol. The molecule has 94 valence electrons. The van der Waals surface area contributed by atoms with Gasteiger partial charge in [-0.25, -0.2) is 4.79 Å². The first-order chi connectivity index (χ1) is 8.20. The molecular formula is C12H18N2O3. The molecule has 0 spiro atoms. The maximum atomic E-state index is 10.7. The summed E-state index contributed by atoms with van der Waals surface area (Å²) in [7, 11) is 0. The quantitative estimate of drug-likeness (QED) is 0.851. The zero-order chi connectivity index (χ0) is 12.3. The second kappa shape index (κ2) is 5.31. The Labute approximate surface area is 100 Å². The fourth-order valence-corrected chi connectivity index (χ4v) is 2.46. The Bertz CT molecular complexity index is 383. The molecule has 5 nitrogen and oxygen atoms in total. The van der Waals surface area contributed by atoms with Crippen LogP contribution in [0.4, 0.5) is 0 Å². The number of carboxylic acid groups (broad SMARTS) is 1. The third-order valence-corrected chi connectivity index (χ3v) is 3.38. The highest BCUT2D eigenvalue weighted by atomic mass is 16.5. The van der Waals surface area contributed by atoms with E-state index in [0.29, 0.717) is 18.3 Å². The molecule has 0 bridgehead atoms. The SMILES string of the molecule is CCN(Cc1cc(C(=O)O)no1)C1CCCC1. The summed E-state index contributed by atoms with van der Waals surface area (Å²) in [6.07, 6.45) is 5.04. The summed E-state index contributed by atoms with van der Waals surface area (Å²) in [5.41, 5.74) is -0.0116. The van der Waals surface area contributed by atoms with E-state index in [1.165, 1.54) is 31.7 Å². The predicted octanol–water partition coefficient (Wildman–Crippen LogP) is 2.14. The van der Waals surface area contributed by atoms with Gasteiger partial charge >= 0.3 is 5.97 Å². The van der Waals surface area contributed by atoms with Gasteiger partial charge in [-0.15, -0.1) is 0 Å². The molecule has 1 aromatic heterocycles. The summed E-state index contributed by atoms with van der Waals surface area (Å²) in [5, 5.41) is 12.3. The van der Waals surface area contributed by atoms with Gasteiger partial charge < -0.3 is 9.63 Å². The van der Waals surface area contributed by atoms with Crippen LogP contribution in [0, 0.1) is 0 Å². The van der Waals surface area contributed by atoms with Gasteiger partial charge in [0.05, 0.1) is 6.54 Å². The van der Waals surface area contributed by atoms with Gasteiger partial charge in [0.2, 0.25) is 0 Å². The van der Waals surface area contributed by atoms with E-state index in [-0.39, 0.29) is 5.69 Å². The Hall–Kier alpha value is -1.36. The van der Waals surface area contributed by atoms with Crippen LogP contribution >= 0.6 is 0 Å². The van der Waals surface area contributed by atoms with Crippen molar-refractivity contribution in [2.24, 2.45) is 0 Å². The molecule has 2 rings (SSSR count). The van der Waals surface area contributed by atoms with Gasteiger partial charge in [0.15, 0.2) is 11.5 Å². The van der Waals surface area contributed by atoms with Crippen molar-refractivity contribution in [3.63, 3.8) is 0 Å². The van der Waals surface area contributed by atoms with Gasteiger partial charge in [-0.1, -0.05) is 24.9 Å². The number of carboxylic acids is 1. The van der Waals surface area contributed by atoms with Crippen LogP contribution in [0.5, 0.6) is 0 Å². The highest BCUT2D eigenvalue weighted by Crippen LogP contribution is 2.24. The Balaban J connectivity index is 1.99. The normalized spacial score (nSPS) is 16.8. The van der Waals surface area contributed by atoms with Gasteiger partial charge in [0.25, 0.3) is 0 Å². The maximum absolute atomic E-state index is 10.7. The van der Waals surface area contributed by atoms with E-state index in [9.17, 15) is 4.79 Å². The van der Waals surface area contributed by atoms with Crippen molar-refractivity contribution >= 4 is 5.97 Å². The lowest BCUT2D eigenvalue weighted by Crippen LogP contribution is -2.32. The van der Waals surface area contributed by atoms with Crippen LogP contribution in [0.15, 0.2) is 10.6 Å². The van der Waals surface area contributed by atoms with E-state index in [1.807, 2.05) is 0 Å². The van der Waals surface area contributed by atoms with E-state index in [1.54, 1.807) is 0 Å². The van der Waals surface area contributed by atoms with Crippen LogP contribution in [0.25, 0.3) is 0 Å². The van der Waals surface area contributed by atoms with Crippen molar-refractivity contribution in [3.8, 4) is 0 Å². The molecule has 0 radical (unpaired) electrons. The number of aromatic carboxylic acids is 1. The summed E-state index contributed by atoms with van der Waals surface area (Å²) in [4.78, 5) is 13.0. The van der Waals surface area contributed by atoms with E-state index < -0.39 is 5.97 Å².